The number of aromatic hydroxyl groups is 1. The van der Waals surface area contributed by atoms with Crippen molar-refractivity contribution in [2.45, 2.75) is 0 Å². The van der Waals surface area contributed by atoms with Crippen molar-refractivity contribution < 1.29 is 14.6 Å². The topological polar surface area (TPSA) is 38.7 Å². The van der Waals surface area contributed by atoms with Gasteiger partial charge in [-0.1, -0.05) is 6.07 Å². The Bertz CT molecular complexity index is 491. The van der Waals surface area contributed by atoms with Crippen LogP contribution in [0, 0.1) is 0 Å². The second-order valence-electron chi connectivity index (χ2n) is 3.21. The second kappa shape index (κ2) is 3.69. The Morgan fingerprint density at radius 2 is 1.80 bits per heavy atom. The third-order valence-corrected chi connectivity index (χ3v) is 2.36. The molecule has 0 aliphatic carbocycles. The molecule has 0 aliphatic heterocycles. The SMILES string of the molecule is COc1ccc2c(OC)c(O)ccc2c1. The Hall–Kier alpha value is -1.90. The van der Waals surface area contributed by atoms with Crippen LogP contribution in [-0.4, -0.2) is 19.3 Å². The molecule has 0 bridgehead atoms. The summed E-state index contributed by atoms with van der Waals surface area (Å²) < 4.78 is 10.3. The molecule has 0 radical (unpaired) electrons. The van der Waals surface area contributed by atoms with Gasteiger partial charge in [-0.15, -0.1) is 0 Å². The van der Waals surface area contributed by atoms with Crippen LogP contribution in [0.2, 0.25) is 0 Å². The van der Waals surface area contributed by atoms with Gasteiger partial charge in [0.05, 0.1) is 14.2 Å². The zero-order valence-electron chi connectivity index (χ0n) is 8.65. The molecule has 78 valence electrons. The fraction of sp³-hybridized carbons (Fsp3) is 0.167. The molecule has 3 heteroatoms. The number of phenols is 1. The molecule has 2 aromatic rings. The van der Waals surface area contributed by atoms with Crippen LogP contribution in [0.15, 0.2) is 30.3 Å². The predicted molar refractivity (Wildman–Crippen MR) is 58.7 cm³/mol. The van der Waals surface area contributed by atoms with Gasteiger partial charge in [-0.3, -0.25) is 0 Å². The first-order valence-corrected chi connectivity index (χ1v) is 4.60. The van der Waals surface area contributed by atoms with Crippen LogP contribution in [-0.2, 0) is 0 Å². The van der Waals surface area contributed by atoms with Crippen LogP contribution in [0.4, 0.5) is 0 Å². The molecular formula is C12H12O3. The largest absolute Gasteiger partial charge is 0.504 e. The Morgan fingerprint density at radius 1 is 1.00 bits per heavy atom. The Kier molecular flexibility index (Phi) is 2.37. The minimum Gasteiger partial charge on any atom is -0.504 e. The molecule has 0 aliphatic rings. The molecule has 0 atom stereocenters. The minimum atomic E-state index is 0.148. The molecule has 15 heavy (non-hydrogen) atoms. The zero-order chi connectivity index (χ0) is 10.8. The maximum atomic E-state index is 9.58. The first-order chi connectivity index (χ1) is 7.26. The lowest BCUT2D eigenvalue weighted by Crippen LogP contribution is -1.87. The van der Waals surface area contributed by atoms with E-state index in [0.717, 1.165) is 16.5 Å². The summed E-state index contributed by atoms with van der Waals surface area (Å²) in [5.74, 6) is 1.43. The quantitative estimate of drug-likeness (QED) is 0.817. The van der Waals surface area contributed by atoms with Crippen LogP contribution in [0.25, 0.3) is 10.8 Å². The van der Waals surface area contributed by atoms with Crippen LogP contribution in [0.5, 0.6) is 17.2 Å². The van der Waals surface area contributed by atoms with Crippen molar-refractivity contribution in [1.29, 1.82) is 0 Å². The summed E-state index contributed by atoms with van der Waals surface area (Å²) in [6, 6.07) is 9.05. The molecule has 0 aromatic heterocycles. The maximum absolute atomic E-state index is 9.58. The van der Waals surface area contributed by atoms with E-state index in [2.05, 4.69) is 0 Å². The molecule has 2 rings (SSSR count). The number of phenolic OH excluding ortho intramolecular Hbond substituents is 1. The van der Waals surface area contributed by atoms with Crippen LogP contribution >= 0.6 is 0 Å². The molecule has 0 heterocycles. The highest BCUT2D eigenvalue weighted by Crippen LogP contribution is 2.35. The summed E-state index contributed by atoms with van der Waals surface area (Å²) in [7, 11) is 3.16. The summed E-state index contributed by atoms with van der Waals surface area (Å²) in [6.07, 6.45) is 0. The molecule has 0 saturated heterocycles. The van der Waals surface area contributed by atoms with Crippen molar-refractivity contribution in [2.24, 2.45) is 0 Å². The molecule has 0 unspecified atom stereocenters. The van der Waals surface area contributed by atoms with Gasteiger partial charge in [0.1, 0.15) is 5.75 Å². The number of fused-ring (bicyclic) bond motifs is 1. The maximum Gasteiger partial charge on any atom is 0.168 e. The van der Waals surface area contributed by atoms with Gasteiger partial charge >= 0.3 is 0 Å². The number of benzene rings is 2. The smallest absolute Gasteiger partial charge is 0.168 e. The standard InChI is InChI=1S/C12H12O3/c1-14-9-4-5-10-8(7-9)3-6-11(13)12(10)15-2/h3-7,13H,1-2H3. The predicted octanol–water partition coefficient (Wildman–Crippen LogP) is 2.56. The van der Waals surface area contributed by atoms with Crippen molar-refractivity contribution >= 4 is 10.8 Å². The van der Waals surface area contributed by atoms with Crippen molar-refractivity contribution in [1.82, 2.24) is 0 Å². The van der Waals surface area contributed by atoms with E-state index in [1.165, 1.54) is 0 Å². The minimum absolute atomic E-state index is 0.148. The molecule has 0 spiro atoms. The van der Waals surface area contributed by atoms with Gasteiger partial charge in [0.15, 0.2) is 11.5 Å². The molecule has 2 aromatic carbocycles. The van der Waals surface area contributed by atoms with Crippen LogP contribution in [0.3, 0.4) is 0 Å². The van der Waals surface area contributed by atoms with E-state index in [4.69, 9.17) is 9.47 Å². The third-order valence-electron chi connectivity index (χ3n) is 2.36. The highest BCUT2D eigenvalue weighted by atomic mass is 16.5. The van der Waals surface area contributed by atoms with Gasteiger partial charge in [-0.05, 0) is 29.7 Å². The van der Waals surface area contributed by atoms with Crippen molar-refractivity contribution in [3.05, 3.63) is 30.3 Å². The van der Waals surface area contributed by atoms with Gasteiger partial charge in [-0.25, -0.2) is 0 Å². The van der Waals surface area contributed by atoms with Gasteiger partial charge in [0, 0.05) is 5.39 Å². The number of hydrogen-bond acceptors (Lipinski definition) is 3. The van der Waals surface area contributed by atoms with Crippen LogP contribution in [0.1, 0.15) is 0 Å². The monoisotopic (exact) mass is 204 g/mol. The van der Waals surface area contributed by atoms with E-state index in [1.807, 2.05) is 24.3 Å². The van der Waals surface area contributed by atoms with Gasteiger partial charge in [0.25, 0.3) is 0 Å². The van der Waals surface area contributed by atoms with Crippen molar-refractivity contribution in [3.8, 4) is 17.2 Å². The molecule has 0 fully saturated rings. The molecule has 1 N–H and O–H groups in total. The Morgan fingerprint density at radius 3 is 2.47 bits per heavy atom. The number of ether oxygens (including phenoxy) is 2. The lowest BCUT2D eigenvalue weighted by atomic mass is 10.1. The fourth-order valence-corrected chi connectivity index (χ4v) is 1.61. The van der Waals surface area contributed by atoms with Gasteiger partial charge < -0.3 is 14.6 Å². The van der Waals surface area contributed by atoms with E-state index in [1.54, 1.807) is 20.3 Å². The molecule has 0 amide bonds. The number of methoxy groups -OCH3 is 2. The average Bonchev–Trinajstić information content (AvgIpc) is 2.28. The van der Waals surface area contributed by atoms with Gasteiger partial charge in [-0.2, -0.15) is 0 Å². The normalized spacial score (nSPS) is 10.3. The third kappa shape index (κ3) is 1.56. The lowest BCUT2D eigenvalue weighted by Gasteiger charge is -2.08. The van der Waals surface area contributed by atoms with Crippen molar-refractivity contribution in [3.63, 3.8) is 0 Å². The number of rotatable bonds is 2. The van der Waals surface area contributed by atoms with Gasteiger partial charge in [0.2, 0.25) is 0 Å². The van der Waals surface area contributed by atoms with E-state index in [9.17, 15) is 5.11 Å². The zero-order valence-corrected chi connectivity index (χ0v) is 8.65. The highest BCUT2D eigenvalue weighted by Gasteiger charge is 2.07. The molecular weight excluding hydrogens is 192 g/mol. The first kappa shape index (κ1) is 9.65. The summed E-state index contributed by atoms with van der Waals surface area (Å²) >= 11 is 0. The summed E-state index contributed by atoms with van der Waals surface area (Å²) in [4.78, 5) is 0. The fourth-order valence-electron chi connectivity index (χ4n) is 1.61. The second-order valence-corrected chi connectivity index (χ2v) is 3.21. The van der Waals surface area contributed by atoms with E-state index in [0.29, 0.717) is 5.75 Å². The van der Waals surface area contributed by atoms with E-state index >= 15 is 0 Å². The lowest BCUT2D eigenvalue weighted by molar-refractivity contribution is 0.378. The number of hydrogen-bond donors (Lipinski definition) is 1. The first-order valence-electron chi connectivity index (χ1n) is 4.60. The molecule has 0 saturated carbocycles. The summed E-state index contributed by atoms with van der Waals surface area (Å²) in [6.45, 7) is 0. The van der Waals surface area contributed by atoms with E-state index < -0.39 is 0 Å². The average molecular weight is 204 g/mol. The summed E-state index contributed by atoms with van der Waals surface area (Å²) in [5.41, 5.74) is 0. The van der Waals surface area contributed by atoms with E-state index in [-0.39, 0.29) is 5.75 Å². The van der Waals surface area contributed by atoms with Crippen LogP contribution < -0.4 is 9.47 Å². The molecule has 3 nitrogen and oxygen atoms in total. The Labute approximate surface area is 87.9 Å². The summed E-state index contributed by atoms with van der Waals surface area (Å²) in [5, 5.41) is 11.4. The Balaban J connectivity index is 2.72. The highest BCUT2D eigenvalue weighted by molar-refractivity contribution is 5.91. The van der Waals surface area contributed by atoms with Crippen molar-refractivity contribution in [2.75, 3.05) is 14.2 Å².